The van der Waals surface area contributed by atoms with Gasteiger partial charge >= 0.3 is 0 Å². The van der Waals surface area contributed by atoms with E-state index in [1.165, 1.54) is 6.92 Å². The topological polar surface area (TPSA) is 40.9 Å². The molecule has 0 aliphatic heterocycles. The molecule has 1 unspecified atom stereocenters. The number of carbonyl (C=O) groups is 1. The summed E-state index contributed by atoms with van der Waals surface area (Å²) in [5.41, 5.74) is 0.162. The van der Waals surface area contributed by atoms with E-state index in [2.05, 4.69) is 15.9 Å². The Morgan fingerprint density at radius 2 is 2.19 bits per heavy atom. The Morgan fingerprint density at radius 3 is 2.69 bits per heavy atom. The Hall–Kier alpha value is -1.28. The van der Waals surface area contributed by atoms with Gasteiger partial charge in [-0.1, -0.05) is 0 Å². The van der Waals surface area contributed by atoms with Crippen LogP contribution in [0.1, 0.15) is 24.8 Å². The van der Waals surface area contributed by atoms with Crippen molar-refractivity contribution in [1.29, 1.82) is 5.26 Å². The number of rotatable bonds is 3. The highest BCUT2D eigenvalue weighted by Crippen LogP contribution is 2.30. The number of Topliss-reactive ketones (excluding diaryl/α,β-unsaturated/α-hetero) is 1. The summed E-state index contributed by atoms with van der Waals surface area (Å²) in [6, 6.07) is 3.64. The number of nitriles is 1. The standard InChI is InChI=1S/C11H8BrF2NO/c1-6(16)2-7(5-15)9-3-8(13)4-10(14)11(9)12/h3-4,7H,2H2,1H3. The molecule has 5 heteroatoms. The van der Waals surface area contributed by atoms with E-state index in [-0.39, 0.29) is 22.2 Å². The van der Waals surface area contributed by atoms with E-state index >= 15 is 0 Å². The van der Waals surface area contributed by atoms with Crippen molar-refractivity contribution in [3.63, 3.8) is 0 Å². The van der Waals surface area contributed by atoms with Crippen molar-refractivity contribution in [3.8, 4) is 6.07 Å². The number of hydrogen-bond acceptors (Lipinski definition) is 2. The largest absolute Gasteiger partial charge is 0.300 e. The lowest BCUT2D eigenvalue weighted by molar-refractivity contribution is -0.117. The van der Waals surface area contributed by atoms with Gasteiger partial charge in [0, 0.05) is 12.5 Å². The van der Waals surface area contributed by atoms with Gasteiger partial charge in [-0.2, -0.15) is 5.26 Å². The molecular weight excluding hydrogens is 280 g/mol. The van der Waals surface area contributed by atoms with Crippen LogP contribution in [-0.2, 0) is 4.79 Å². The van der Waals surface area contributed by atoms with E-state index < -0.39 is 17.6 Å². The van der Waals surface area contributed by atoms with Crippen molar-refractivity contribution in [2.75, 3.05) is 0 Å². The van der Waals surface area contributed by atoms with Gasteiger partial charge in [-0.05, 0) is 34.5 Å². The fourth-order valence-corrected chi connectivity index (χ4v) is 1.85. The molecule has 84 valence electrons. The Morgan fingerprint density at radius 1 is 1.56 bits per heavy atom. The maximum Gasteiger partial charge on any atom is 0.140 e. The second-order valence-electron chi connectivity index (χ2n) is 3.38. The average molecular weight is 288 g/mol. The molecule has 0 aliphatic rings. The zero-order valence-electron chi connectivity index (χ0n) is 8.43. The predicted molar refractivity (Wildman–Crippen MR) is 57.7 cm³/mol. The van der Waals surface area contributed by atoms with Crippen LogP contribution in [0.15, 0.2) is 16.6 Å². The minimum atomic E-state index is -0.836. The number of hydrogen-bond donors (Lipinski definition) is 0. The van der Waals surface area contributed by atoms with E-state index in [9.17, 15) is 13.6 Å². The lowest BCUT2D eigenvalue weighted by Crippen LogP contribution is -2.04. The van der Waals surface area contributed by atoms with Crippen LogP contribution in [0.5, 0.6) is 0 Å². The van der Waals surface area contributed by atoms with Crippen molar-refractivity contribution in [2.24, 2.45) is 0 Å². The lowest BCUT2D eigenvalue weighted by atomic mass is 9.95. The summed E-state index contributed by atoms with van der Waals surface area (Å²) in [6.45, 7) is 1.33. The molecule has 0 aromatic heterocycles. The molecule has 0 saturated heterocycles. The molecule has 1 atom stereocenters. The zero-order chi connectivity index (χ0) is 12.3. The molecular formula is C11H8BrF2NO. The van der Waals surface area contributed by atoms with Crippen LogP contribution in [-0.4, -0.2) is 5.78 Å². The van der Waals surface area contributed by atoms with Gasteiger partial charge in [-0.25, -0.2) is 8.78 Å². The Bertz CT molecular complexity index is 468. The summed E-state index contributed by atoms with van der Waals surface area (Å²) >= 11 is 2.94. The molecule has 0 saturated carbocycles. The van der Waals surface area contributed by atoms with Crippen LogP contribution >= 0.6 is 15.9 Å². The summed E-state index contributed by atoms with van der Waals surface area (Å²) < 4.78 is 26.2. The Labute approximate surface area is 100 Å². The minimum Gasteiger partial charge on any atom is -0.300 e. The molecule has 1 aromatic rings. The predicted octanol–water partition coefficient (Wildman–Crippen LogP) is 3.31. The first-order chi connectivity index (χ1) is 7.45. The third-order valence-electron chi connectivity index (χ3n) is 2.04. The van der Waals surface area contributed by atoms with Crippen LogP contribution in [0.4, 0.5) is 8.78 Å². The Balaban J connectivity index is 3.20. The SMILES string of the molecule is CC(=O)CC(C#N)c1cc(F)cc(F)c1Br. The number of benzene rings is 1. The average Bonchev–Trinajstić information content (AvgIpc) is 2.20. The van der Waals surface area contributed by atoms with Gasteiger partial charge in [0.15, 0.2) is 0 Å². The molecule has 1 aromatic carbocycles. The van der Waals surface area contributed by atoms with Crippen LogP contribution in [0.2, 0.25) is 0 Å². The second-order valence-corrected chi connectivity index (χ2v) is 4.17. The fourth-order valence-electron chi connectivity index (χ4n) is 1.34. The van der Waals surface area contributed by atoms with Crippen LogP contribution in [0.3, 0.4) is 0 Å². The third kappa shape index (κ3) is 2.86. The maximum atomic E-state index is 13.2. The molecule has 1 rings (SSSR count). The number of ketones is 1. The molecule has 0 radical (unpaired) electrons. The van der Waals surface area contributed by atoms with Crippen molar-refractivity contribution in [1.82, 2.24) is 0 Å². The van der Waals surface area contributed by atoms with Crippen molar-refractivity contribution < 1.29 is 13.6 Å². The molecule has 16 heavy (non-hydrogen) atoms. The molecule has 0 aliphatic carbocycles. The summed E-state index contributed by atoms with van der Waals surface area (Å²) in [6.07, 6.45) is -0.0575. The molecule has 0 heterocycles. The summed E-state index contributed by atoms with van der Waals surface area (Å²) in [7, 11) is 0. The second kappa shape index (κ2) is 5.17. The van der Waals surface area contributed by atoms with Gasteiger partial charge in [-0.15, -0.1) is 0 Å². The number of carbonyl (C=O) groups excluding carboxylic acids is 1. The number of nitrogens with zero attached hydrogens (tertiary/aromatic N) is 1. The van der Waals surface area contributed by atoms with E-state index in [0.717, 1.165) is 12.1 Å². The molecule has 0 bridgehead atoms. The smallest absolute Gasteiger partial charge is 0.140 e. The normalized spacial score (nSPS) is 11.9. The van der Waals surface area contributed by atoms with E-state index in [1.807, 2.05) is 6.07 Å². The fraction of sp³-hybridized carbons (Fsp3) is 0.273. The highest BCUT2D eigenvalue weighted by atomic mass is 79.9. The van der Waals surface area contributed by atoms with Crippen LogP contribution in [0, 0.1) is 23.0 Å². The Kier molecular flexibility index (Phi) is 4.13. The minimum absolute atomic E-state index is 0.0294. The van der Waals surface area contributed by atoms with Gasteiger partial charge in [0.2, 0.25) is 0 Å². The van der Waals surface area contributed by atoms with Crippen molar-refractivity contribution in [3.05, 3.63) is 33.8 Å². The summed E-state index contributed by atoms with van der Waals surface area (Å²) in [4.78, 5) is 10.9. The van der Waals surface area contributed by atoms with Crippen LogP contribution < -0.4 is 0 Å². The molecule has 2 nitrogen and oxygen atoms in total. The van der Waals surface area contributed by atoms with Gasteiger partial charge in [0.25, 0.3) is 0 Å². The molecule has 0 N–H and O–H groups in total. The lowest BCUT2D eigenvalue weighted by Gasteiger charge is -2.10. The third-order valence-corrected chi connectivity index (χ3v) is 2.88. The van der Waals surface area contributed by atoms with E-state index in [4.69, 9.17) is 5.26 Å². The highest BCUT2D eigenvalue weighted by Gasteiger charge is 2.19. The molecule has 0 amide bonds. The van der Waals surface area contributed by atoms with Gasteiger partial charge in [-0.3, -0.25) is 4.79 Å². The molecule has 0 fully saturated rings. The first kappa shape index (κ1) is 12.8. The van der Waals surface area contributed by atoms with Crippen LogP contribution in [0.25, 0.3) is 0 Å². The zero-order valence-corrected chi connectivity index (χ0v) is 10.0. The van der Waals surface area contributed by atoms with Gasteiger partial charge in [0.1, 0.15) is 17.4 Å². The molecule has 0 spiro atoms. The monoisotopic (exact) mass is 287 g/mol. The number of halogens is 3. The highest BCUT2D eigenvalue weighted by molar-refractivity contribution is 9.10. The van der Waals surface area contributed by atoms with E-state index in [1.54, 1.807) is 0 Å². The van der Waals surface area contributed by atoms with Gasteiger partial charge < -0.3 is 0 Å². The maximum absolute atomic E-state index is 13.2. The summed E-state index contributed by atoms with van der Waals surface area (Å²) in [5, 5.41) is 8.87. The van der Waals surface area contributed by atoms with Crippen molar-refractivity contribution >= 4 is 21.7 Å². The van der Waals surface area contributed by atoms with Crippen molar-refractivity contribution in [2.45, 2.75) is 19.3 Å². The first-order valence-electron chi connectivity index (χ1n) is 4.49. The quantitative estimate of drug-likeness (QED) is 0.800. The summed E-state index contributed by atoms with van der Waals surface area (Å²) in [5.74, 6) is -2.58. The van der Waals surface area contributed by atoms with E-state index in [0.29, 0.717) is 0 Å². The first-order valence-corrected chi connectivity index (χ1v) is 5.28. The van der Waals surface area contributed by atoms with Gasteiger partial charge in [0.05, 0.1) is 16.5 Å².